The van der Waals surface area contributed by atoms with E-state index < -0.39 is 11.9 Å². The highest BCUT2D eigenvalue weighted by Gasteiger charge is 2.20. The Morgan fingerprint density at radius 2 is 2.05 bits per heavy atom. The fourth-order valence-electron chi connectivity index (χ4n) is 2.27. The summed E-state index contributed by atoms with van der Waals surface area (Å²) >= 11 is 0. The minimum atomic E-state index is -0.816. The summed E-state index contributed by atoms with van der Waals surface area (Å²) < 4.78 is 0. The molecule has 4 heteroatoms. The monoisotopic (exact) mass is 265 g/mol. The molecule has 1 aromatic rings. The molecule has 0 aliphatic carbocycles. The summed E-state index contributed by atoms with van der Waals surface area (Å²) in [7, 11) is 0. The van der Waals surface area contributed by atoms with Gasteiger partial charge in [-0.25, -0.2) is 0 Å². The van der Waals surface area contributed by atoms with Crippen molar-refractivity contribution in [1.82, 2.24) is 0 Å². The van der Waals surface area contributed by atoms with Gasteiger partial charge in [-0.1, -0.05) is 31.5 Å². The molecule has 0 fully saturated rings. The lowest BCUT2D eigenvalue weighted by atomic mass is 9.88. The number of carboxylic acid groups (broad SMARTS) is 1. The van der Waals surface area contributed by atoms with Gasteiger partial charge in [0.2, 0.25) is 0 Å². The Balaban J connectivity index is 2.53. The number of phenols is 1. The van der Waals surface area contributed by atoms with Crippen LogP contribution in [0.25, 0.3) is 0 Å². The number of aryl methyl sites for hydroxylation is 1. The van der Waals surface area contributed by atoms with Crippen LogP contribution >= 0.6 is 0 Å². The predicted molar refractivity (Wildman–Crippen MR) is 75.0 cm³/mol. The Hall–Kier alpha value is -1.55. The summed E-state index contributed by atoms with van der Waals surface area (Å²) in [4.78, 5) is 11.0. The summed E-state index contributed by atoms with van der Waals surface area (Å²) in [6.45, 7) is 2.24. The fourth-order valence-corrected chi connectivity index (χ4v) is 2.27. The summed E-state index contributed by atoms with van der Waals surface area (Å²) in [5, 5.41) is 18.7. The van der Waals surface area contributed by atoms with Crippen molar-refractivity contribution in [2.24, 2.45) is 17.6 Å². The second kappa shape index (κ2) is 7.79. The van der Waals surface area contributed by atoms with Crippen LogP contribution in [0.4, 0.5) is 0 Å². The van der Waals surface area contributed by atoms with Crippen LogP contribution in [0.15, 0.2) is 24.3 Å². The molecule has 19 heavy (non-hydrogen) atoms. The number of para-hydroxylation sites is 1. The van der Waals surface area contributed by atoms with E-state index in [1.807, 2.05) is 12.1 Å². The number of rotatable bonds is 8. The summed E-state index contributed by atoms with van der Waals surface area (Å²) in [6, 6.07) is 7.27. The number of hydrogen-bond donors (Lipinski definition) is 3. The topological polar surface area (TPSA) is 83.5 Å². The normalized spacial score (nSPS) is 14.0. The molecule has 0 bridgehead atoms. The highest BCUT2D eigenvalue weighted by Crippen LogP contribution is 2.24. The van der Waals surface area contributed by atoms with E-state index in [1.165, 1.54) is 0 Å². The van der Waals surface area contributed by atoms with E-state index >= 15 is 0 Å². The van der Waals surface area contributed by atoms with Gasteiger partial charge in [0.15, 0.2) is 0 Å². The number of aliphatic carboxylic acids is 1. The molecule has 1 aromatic carbocycles. The molecule has 0 radical (unpaired) electrons. The molecule has 0 aromatic heterocycles. The number of carboxylic acids is 1. The van der Waals surface area contributed by atoms with Crippen molar-refractivity contribution in [3.63, 3.8) is 0 Å². The third-order valence-electron chi connectivity index (χ3n) is 3.64. The van der Waals surface area contributed by atoms with Gasteiger partial charge >= 0.3 is 5.97 Å². The number of aromatic hydroxyl groups is 1. The number of nitrogens with two attached hydrogens (primary N) is 1. The molecule has 4 nitrogen and oxygen atoms in total. The molecular formula is C15H23NO3. The number of hydrogen-bond acceptors (Lipinski definition) is 3. The van der Waals surface area contributed by atoms with Gasteiger partial charge in [-0.2, -0.15) is 0 Å². The molecule has 106 valence electrons. The van der Waals surface area contributed by atoms with Gasteiger partial charge in [-0.15, -0.1) is 0 Å². The lowest BCUT2D eigenvalue weighted by Crippen LogP contribution is -2.26. The molecule has 0 saturated heterocycles. The minimum Gasteiger partial charge on any atom is -0.508 e. The molecule has 1 rings (SSSR count). The molecule has 0 aliphatic heterocycles. The lowest BCUT2D eigenvalue weighted by Gasteiger charge is -2.19. The van der Waals surface area contributed by atoms with E-state index in [2.05, 4.69) is 6.92 Å². The average Bonchev–Trinajstić information content (AvgIpc) is 2.40. The van der Waals surface area contributed by atoms with Gasteiger partial charge in [0, 0.05) is 6.54 Å². The van der Waals surface area contributed by atoms with Gasteiger partial charge < -0.3 is 15.9 Å². The van der Waals surface area contributed by atoms with Crippen molar-refractivity contribution in [1.29, 1.82) is 0 Å². The van der Waals surface area contributed by atoms with E-state index in [4.69, 9.17) is 10.8 Å². The van der Waals surface area contributed by atoms with Crippen LogP contribution < -0.4 is 5.73 Å². The van der Waals surface area contributed by atoms with Crippen molar-refractivity contribution >= 4 is 5.97 Å². The predicted octanol–water partition coefficient (Wildman–Crippen LogP) is 2.40. The van der Waals surface area contributed by atoms with Gasteiger partial charge in [0.05, 0.1) is 5.92 Å². The maximum Gasteiger partial charge on any atom is 0.307 e. The minimum absolute atomic E-state index is 0.183. The van der Waals surface area contributed by atoms with E-state index in [1.54, 1.807) is 12.1 Å². The van der Waals surface area contributed by atoms with Crippen molar-refractivity contribution in [3.8, 4) is 5.75 Å². The zero-order chi connectivity index (χ0) is 14.3. The van der Waals surface area contributed by atoms with Gasteiger partial charge in [-0.05, 0) is 36.8 Å². The molecular weight excluding hydrogens is 242 g/mol. The van der Waals surface area contributed by atoms with Gasteiger partial charge in [0.1, 0.15) is 5.75 Å². The lowest BCUT2D eigenvalue weighted by molar-refractivity contribution is -0.142. The number of carbonyl (C=O) groups is 1. The zero-order valence-corrected chi connectivity index (χ0v) is 11.4. The maximum atomic E-state index is 11.0. The van der Waals surface area contributed by atoms with Gasteiger partial charge in [-0.3, -0.25) is 4.79 Å². The van der Waals surface area contributed by atoms with Crippen LogP contribution in [0.1, 0.15) is 31.7 Å². The Bertz CT molecular complexity index is 406. The first-order valence-electron chi connectivity index (χ1n) is 6.78. The molecule has 4 N–H and O–H groups in total. The van der Waals surface area contributed by atoms with Crippen LogP contribution in [0.2, 0.25) is 0 Å². The van der Waals surface area contributed by atoms with Gasteiger partial charge in [0.25, 0.3) is 0 Å². The van der Waals surface area contributed by atoms with E-state index in [0.29, 0.717) is 18.1 Å². The van der Waals surface area contributed by atoms with E-state index in [-0.39, 0.29) is 6.54 Å². The fraction of sp³-hybridized carbons (Fsp3) is 0.533. The highest BCUT2D eigenvalue weighted by atomic mass is 16.4. The highest BCUT2D eigenvalue weighted by molar-refractivity contribution is 5.70. The molecule has 2 atom stereocenters. The Morgan fingerprint density at radius 3 is 2.58 bits per heavy atom. The SMILES string of the molecule is CCC(CCc1ccccc1O)CC(CN)C(=O)O. The molecule has 0 aliphatic rings. The first-order chi connectivity index (χ1) is 9.08. The second-order valence-corrected chi connectivity index (χ2v) is 4.95. The van der Waals surface area contributed by atoms with Crippen molar-refractivity contribution in [3.05, 3.63) is 29.8 Å². The zero-order valence-electron chi connectivity index (χ0n) is 11.4. The molecule has 2 unspecified atom stereocenters. The Labute approximate surface area is 114 Å². The average molecular weight is 265 g/mol. The first-order valence-corrected chi connectivity index (χ1v) is 6.78. The standard InChI is InChI=1S/C15H23NO3/c1-2-11(9-13(10-16)15(18)19)7-8-12-5-3-4-6-14(12)17/h3-6,11,13,17H,2,7-10,16H2,1H3,(H,18,19). The maximum absolute atomic E-state index is 11.0. The van der Waals surface area contributed by atoms with E-state index in [9.17, 15) is 9.90 Å². The number of benzene rings is 1. The van der Waals surface area contributed by atoms with Crippen LogP contribution in [0, 0.1) is 11.8 Å². The third-order valence-corrected chi connectivity index (χ3v) is 3.64. The van der Waals surface area contributed by atoms with Crippen LogP contribution in [-0.4, -0.2) is 22.7 Å². The smallest absolute Gasteiger partial charge is 0.307 e. The largest absolute Gasteiger partial charge is 0.508 e. The summed E-state index contributed by atoms with van der Waals surface area (Å²) in [5.74, 6) is -0.645. The van der Waals surface area contributed by atoms with Crippen molar-refractivity contribution < 1.29 is 15.0 Å². The Kier molecular flexibility index (Phi) is 6.36. The number of phenolic OH excluding ortho intramolecular Hbond substituents is 1. The third kappa shape index (κ3) is 4.91. The summed E-state index contributed by atoms with van der Waals surface area (Å²) in [5.41, 5.74) is 6.40. The summed E-state index contributed by atoms with van der Waals surface area (Å²) in [6.07, 6.45) is 3.17. The van der Waals surface area contributed by atoms with E-state index in [0.717, 1.165) is 24.8 Å². The Morgan fingerprint density at radius 1 is 1.37 bits per heavy atom. The first kappa shape index (κ1) is 15.5. The molecule has 0 heterocycles. The van der Waals surface area contributed by atoms with Crippen LogP contribution in [0.5, 0.6) is 5.75 Å². The molecule has 0 spiro atoms. The van der Waals surface area contributed by atoms with Crippen molar-refractivity contribution in [2.45, 2.75) is 32.6 Å². The van der Waals surface area contributed by atoms with Crippen LogP contribution in [-0.2, 0) is 11.2 Å². The second-order valence-electron chi connectivity index (χ2n) is 4.95. The molecule has 0 saturated carbocycles. The quantitative estimate of drug-likeness (QED) is 0.674. The molecule has 0 amide bonds. The van der Waals surface area contributed by atoms with Crippen LogP contribution in [0.3, 0.4) is 0 Å². The van der Waals surface area contributed by atoms with Crippen molar-refractivity contribution in [2.75, 3.05) is 6.54 Å².